The molecule has 0 radical (unpaired) electrons. The Bertz CT molecular complexity index is 442. The Morgan fingerprint density at radius 1 is 1.29 bits per heavy atom. The van der Waals surface area contributed by atoms with Gasteiger partial charge < -0.3 is 10.5 Å². The summed E-state index contributed by atoms with van der Waals surface area (Å²) < 4.78 is 30.3. The molecule has 17 heavy (non-hydrogen) atoms. The second-order valence-corrected chi connectivity index (χ2v) is 5.71. The molecule has 0 heterocycles. The quantitative estimate of drug-likeness (QED) is 0.802. The fraction of sp³-hybridized carbons (Fsp3) is 0.455. The largest absolute Gasteiger partial charge is 0.383 e. The van der Waals surface area contributed by atoms with Crippen LogP contribution >= 0.6 is 0 Å². The molecule has 6 heteroatoms. The van der Waals surface area contributed by atoms with Crippen LogP contribution in [0.4, 0.5) is 0 Å². The lowest BCUT2D eigenvalue weighted by molar-refractivity contribution is 0.185. The van der Waals surface area contributed by atoms with E-state index in [9.17, 15) is 8.42 Å². The Hall–Kier alpha value is -0.950. The molecule has 0 aliphatic heterocycles. The van der Waals surface area contributed by atoms with Gasteiger partial charge in [-0.05, 0) is 17.7 Å². The molecule has 1 rings (SSSR count). The summed E-state index contributed by atoms with van der Waals surface area (Å²) in [6.07, 6.45) is 0. The first-order valence-electron chi connectivity index (χ1n) is 5.26. The molecule has 0 bridgehead atoms. The van der Waals surface area contributed by atoms with Crippen molar-refractivity contribution in [1.29, 1.82) is 0 Å². The average Bonchev–Trinajstić information content (AvgIpc) is 2.35. The monoisotopic (exact) mass is 258 g/mol. The van der Waals surface area contributed by atoms with Gasteiger partial charge in [0.1, 0.15) is 0 Å². The molecule has 0 spiro atoms. The number of rotatable bonds is 6. The van der Waals surface area contributed by atoms with Crippen LogP contribution in [0.3, 0.4) is 0 Å². The summed E-state index contributed by atoms with van der Waals surface area (Å²) >= 11 is 0. The third-order valence-corrected chi connectivity index (χ3v) is 4.35. The molecule has 1 aromatic rings. The zero-order chi connectivity index (χ0) is 12.9. The average molecular weight is 258 g/mol. The highest BCUT2D eigenvalue weighted by Crippen LogP contribution is 2.14. The minimum absolute atomic E-state index is 0.272. The zero-order valence-electron chi connectivity index (χ0n) is 10.1. The van der Waals surface area contributed by atoms with E-state index in [0.717, 1.165) is 5.56 Å². The van der Waals surface area contributed by atoms with Gasteiger partial charge in [-0.3, -0.25) is 0 Å². The van der Waals surface area contributed by atoms with Gasteiger partial charge in [-0.15, -0.1) is 0 Å². The van der Waals surface area contributed by atoms with E-state index in [1.165, 1.54) is 18.5 Å². The van der Waals surface area contributed by atoms with Gasteiger partial charge in [-0.1, -0.05) is 12.1 Å². The van der Waals surface area contributed by atoms with Crippen molar-refractivity contribution in [2.24, 2.45) is 5.73 Å². The lowest BCUT2D eigenvalue weighted by atomic mass is 10.2. The maximum atomic E-state index is 12.1. The first kappa shape index (κ1) is 14.1. The van der Waals surface area contributed by atoms with Crippen LogP contribution in [0.25, 0.3) is 0 Å². The van der Waals surface area contributed by atoms with E-state index in [0.29, 0.717) is 19.7 Å². The van der Waals surface area contributed by atoms with Crippen molar-refractivity contribution in [3.8, 4) is 0 Å². The summed E-state index contributed by atoms with van der Waals surface area (Å²) in [5.74, 6) is 0. The Labute approximate surface area is 102 Å². The van der Waals surface area contributed by atoms with Gasteiger partial charge in [-0.2, -0.15) is 4.31 Å². The van der Waals surface area contributed by atoms with Crippen LogP contribution in [-0.2, 0) is 21.3 Å². The van der Waals surface area contributed by atoms with Gasteiger partial charge in [0.05, 0.1) is 11.5 Å². The fourth-order valence-corrected chi connectivity index (χ4v) is 2.47. The van der Waals surface area contributed by atoms with Crippen molar-refractivity contribution >= 4 is 10.0 Å². The van der Waals surface area contributed by atoms with Crippen LogP contribution in [0.2, 0.25) is 0 Å². The highest BCUT2D eigenvalue weighted by Gasteiger charge is 2.19. The number of likely N-dealkylation sites (N-methyl/N-ethyl adjacent to an activating group) is 1. The SMILES string of the molecule is COCCN(C)S(=O)(=O)c1ccc(CN)cc1. The summed E-state index contributed by atoms with van der Waals surface area (Å²) in [6, 6.07) is 6.58. The molecule has 0 aliphatic carbocycles. The van der Waals surface area contributed by atoms with Crippen LogP contribution < -0.4 is 5.73 Å². The van der Waals surface area contributed by atoms with Crippen LogP contribution in [0.5, 0.6) is 0 Å². The minimum atomic E-state index is -3.42. The lowest BCUT2D eigenvalue weighted by Crippen LogP contribution is -2.30. The molecular weight excluding hydrogens is 240 g/mol. The summed E-state index contributed by atoms with van der Waals surface area (Å²) in [6.45, 7) is 1.11. The van der Waals surface area contributed by atoms with Gasteiger partial charge in [0.15, 0.2) is 0 Å². The molecule has 0 amide bonds. The molecule has 0 fully saturated rings. The molecule has 0 aliphatic rings. The second-order valence-electron chi connectivity index (χ2n) is 3.67. The molecule has 2 N–H and O–H groups in total. The van der Waals surface area contributed by atoms with Gasteiger partial charge >= 0.3 is 0 Å². The van der Waals surface area contributed by atoms with Crippen LogP contribution in [0.15, 0.2) is 29.2 Å². The molecule has 0 unspecified atom stereocenters. The van der Waals surface area contributed by atoms with Crippen molar-refractivity contribution in [2.45, 2.75) is 11.4 Å². The van der Waals surface area contributed by atoms with Gasteiger partial charge in [0, 0.05) is 27.2 Å². The predicted octanol–water partition coefficient (Wildman–Crippen LogP) is 0.412. The standard InChI is InChI=1S/C11H18N2O3S/c1-13(7-8-16-2)17(14,15)11-5-3-10(9-12)4-6-11/h3-6H,7-9,12H2,1-2H3. The number of ether oxygens (including phenoxy) is 1. The smallest absolute Gasteiger partial charge is 0.242 e. The number of nitrogens with zero attached hydrogens (tertiary/aromatic N) is 1. The Morgan fingerprint density at radius 2 is 1.88 bits per heavy atom. The predicted molar refractivity (Wildman–Crippen MR) is 66.0 cm³/mol. The number of hydrogen-bond acceptors (Lipinski definition) is 4. The number of hydrogen-bond donors (Lipinski definition) is 1. The highest BCUT2D eigenvalue weighted by molar-refractivity contribution is 7.89. The number of nitrogens with two attached hydrogens (primary N) is 1. The molecule has 96 valence electrons. The van der Waals surface area contributed by atoms with Crippen molar-refractivity contribution in [3.05, 3.63) is 29.8 Å². The van der Waals surface area contributed by atoms with Gasteiger partial charge in [-0.25, -0.2) is 8.42 Å². The van der Waals surface area contributed by atoms with Crippen molar-refractivity contribution < 1.29 is 13.2 Å². The molecule has 0 aromatic heterocycles. The second kappa shape index (κ2) is 6.11. The van der Waals surface area contributed by atoms with Crippen molar-refractivity contribution in [2.75, 3.05) is 27.3 Å². The van der Waals surface area contributed by atoms with Crippen LogP contribution in [0, 0.1) is 0 Å². The number of benzene rings is 1. The van der Waals surface area contributed by atoms with Crippen LogP contribution in [0.1, 0.15) is 5.56 Å². The Kier molecular flexibility index (Phi) is 5.07. The molecule has 0 saturated carbocycles. The number of methoxy groups -OCH3 is 1. The van der Waals surface area contributed by atoms with E-state index in [4.69, 9.17) is 10.5 Å². The van der Waals surface area contributed by atoms with E-state index in [1.807, 2.05) is 0 Å². The topological polar surface area (TPSA) is 72.6 Å². The third kappa shape index (κ3) is 3.50. The van der Waals surface area contributed by atoms with E-state index >= 15 is 0 Å². The number of sulfonamides is 1. The first-order chi connectivity index (χ1) is 8.02. The molecular formula is C11H18N2O3S. The van der Waals surface area contributed by atoms with Gasteiger partial charge in [0.25, 0.3) is 0 Å². The Balaban J connectivity index is 2.88. The molecule has 1 aromatic carbocycles. The van der Waals surface area contributed by atoms with Crippen molar-refractivity contribution in [3.63, 3.8) is 0 Å². The normalized spacial score (nSPS) is 12.0. The van der Waals surface area contributed by atoms with E-state index in [1.54, 1.807) is 24.3 Å². The van der Waals surface area contributed by atoms with Crippen LogP contribution in [-0.4, -0.2) is 40.0 Å². The molecule has 0 atom stereocenters. The molecule has 5 nitrogen and oxygen atoms in total. The van der Waals surface area contributed by atoms with E-state index in [-0.39, 0.29) is 4.90 Å². The summed E-state index contributed by atoms with van der Waals surface area (Å²) in [4.78, 5) is 0.272. The highest BCUT2D eigenvalue weighted by atomic mass is 32.2. The summed E-state index contributed by atoms with van der Waals surface area (Å²) in [5, 5.41) is 0. The van der Waals surface area contributed by atoms with E-state index in [2.05, 4.69) is 0 Å². The minimum Gasteiger partial charge on any atom is -0.383 e. The zero-order valence-corrected chi connectivity index (χ0v) is 10.9. The first-order valence-corrected chi connectivity index (χ1v) is 6.70. The maximum absolute atomic E-state index is 12.1. The molecule has 0 saturated heterocycles. The lowest BCUT2D eigenvalue weighted by Gasteiger charge is -2.16. The van der Waals surface area contributed by atoms with Crippen molar-refractivity contribution in [1.82, 2.24) is 4.31 Å². The van der Waals surface area contributed by atoms with Gasteiger partial charge in [0.2, 0.25) is 10.0 Å². The van der Waals surface area contributed by atoms with E-state index < -0.39 is 10.0 Å². The fourth-order valence-electron chi connectivity index (χ4n) is 1.32. The third-order valence-electron chi connectivity index (χ3n) is 2.48. The summed E-state index contributed by atoms with van der Waals surface area (Å²) in [5.41, 5.74) is 6.36. The maximum Gasteiger partial charge on any atom is 0.242 e. The Morgan fingerprint density at radius 3 is 2.35 bits per heavy atom. The summed E-state index contributed by atoms with van der Waals surface area (Å²) in [7, 11) is -0.353.